The van der Waals surface area contributed by atoms with E-state index in [0.717, 1.165) is 29.4 Å². The van der Waals surface area contributed by atoms with Gasteiger partial charge in [0.05, 0.1) is 11.8 Å². The van der Waals surface area contributed by atoms with Crippen molar-refractivity contribution in [2.75, 3.05) is 0 Å². The van der Waals surface area contributed by atoms with Crippen molar-refractivity contribution in [2.45, 2.75) is 51.7 Å². The highest BCUT2D eigenvalue weighted by Gasteiger charge is 2.23. The van der Waals surface area contributed by atoms with Crippen LogP contribution in [0.5, 0.6) is 0 Å². The second kappa shape index (κ2) is 5.41. The number of rotatable bonds is 5. The molecular weight excluding hydrogens is 248 g/mol. The van der Waals surface area contributed by atoms with E-state index in [1.807, 2.05) is 11.6 Å². The molecule has 1 unspecified atom stereocenters. The van der Waals surface area contributed by atoms with Gasteiger partial charge in [-0.15, -0.1) is 0 Å². The van der Waals surface area contributed by atoms with Gasteiger partial charge in [0.2, 0.25) is 0 Å². The average molecular weight is 270 g/mol. The molecule has 106 valence electrons. The lowest BCUT2D eigenvalue weighted by atomic mass is 10.0. The molecule has 0 aliphatic heterocycles. The van der Waals surface area contributed by atoms with Crippen LogP contribution in [-0.4, -0.2) is 14.9 Å². The number of benzene rings is 1. The predicted molar refractivity (Wildman–Crippen MR) is 79.7 cm³/mol. The Kier molecular flexibility index (Phi) is 3.62. The fraction of sp³-hybridized carbons (Fsp3) is 0.471. The third kappa shape index (κ3) is 2.78. The van der Waals surface area contributed by atoms with Crippen LogP contribution in [0.2, 0.25) is 0 Å². The van der Waals surface area contributed by atoms with Crippen LogP contribution >= 0.6 is 0 Å². The van der Waals surface area contributed by atoms with E-state index in [0.29, 0.717) is 6.42 Å². The lowest BCUT2D eigenvalue weighted by molar-refractivity contribution is 0.175. The van der Waals surface area contributed by atoms with Crippen molar-refractivity contribution in [3.63, 3.8) is 0 Å². The number of aromatic nitrogens is 2. The molecule has 0 saturated heterocycles. The van der Waals surface area contributed by atoms with Crippen molar-refractivity contribution < 1.29 is 5.11 Å². The summed E-state index contributed by atoms with van der Waals surface area (Å²) in [5, 5.41) is 14.8. The fourth-order valence-electron chi connectivity index (χ4n) is 2.76. The molecular formula is C17H22N2O. The van der Waals surface area contributed by atoms with Gasteiger partial charge in [0.15, 0.2) is 0 Å². The molecule has 1 aliphatic carbocycles. The minimum absolute atomic E-state index is 0.454. The number of aliphatic hydroxyl groups excluding tert-OH is 1. The maximum atomic E-state index is 10.4. The van der Waals surface area contributed by atoms with Crippen LogP contribution in [0.1, 0.15) is 54.3 Å². The molecule has 0 spiro atoms. The first kappa shape index (κ1) is 13.4. The van der Waals surface area contributed by atoms with Crippen LogP contribution in [-0.2, 0) is 13.0 Å². The van der Waals surface area contributed by atoms with E-state index in [1.165, 1.54) is 18.4 Å². The van der Waals surface area contributed by atoms with Gasteiger partial charge in [-0.3, -0.25) is 4.68 Å². The van der Waals surface area contributed by atoms with Gasteiger partial charge in [0.25, 0.3) is 0 Å². The summed E-state index contributed by atoms with van der Waals surface area (Å²) >= 11 is 0. The molecule has 1 aromatic carbocycles. The van der Waals surface area contributed by atoms with Gasteiger partial charge in [0.1, 0.15) is 0 Å². The van der Waals surface area contributed by atoms with E-state index < -0.39 is 6.10 Å². The van der Waals surface area contributed by atoms with Crippen molar-refractivity contribution in [3.05, 3.63) is 52.8 Å². The van der Waals surface area contributed by atoms with E-state index in [-0.39, 0.29) is 0 Å². The highest BCUT2D eigenvalue weighted by atomic mass is 16.3. The summed E-state index contributed by atoms with van der Waals surface area (Å²) in [5.74, 6) is 0.769. The zero-order chi connectivity index (χ0) is 14.1. The summed E-state index contributed by atoms with van der Waals surface area (Å²) in [6, 6.07) is 10.5. The van der Waals surface area contributed by atoms with Gasteiger partial charge in [0, 0.05) is 18.7 Å². The maximum absolute atomic E-state index is 10.4. The Morgan fingerprint density at radius 1 is 1.30 bits per heavy atom. The Balaban J connectivity index is 1.72. The molecule has 3 heteroatoms. The third-order valence-electron chi connectivity index (χ3n) is 4.06. The summed E-state index contributed by atoms with van der Waals surface area (Å²) in [6.45, 7) is 4.91. The van der Waals surface area contributed by atoms with E-state index >= 15 is 0 Å². The molecule has 1 atom stereocenters. The molecule has 0 amide bonds. The number of aryl methyl sites for hydroxylation is 2. The normalized spacial score (nSPS) is 16.4. The average Bonchev–Trinajstić information content (AvgIpc) is 3.23. The highest BCUT2D eigenvalue weighted by molar-refractivity contribution is 5.29. The largest absolute Gasteiger partial charge is 0.388 e. The fourth-order valence-corrected chi connectivity index (χ4v) is 2.76. The lowest BCUT2D eigenvalue weighted by Crippen LogP contribution is -2.08. The topological polar surface area (TPSA) is 38.0 Å². The van der Waals surface area contributed by atoms with Gasteiger partial charge in [-0.2, -0.15) is 5.10 Å². The lowest BCUT2D eigenvalue weighted by Gasteiger charge is -2.12. The summed E-state index contributed by atoms with van der Waals surface area (Å²) in [4.78, 5) is 0. The van der Waals surface area contributed by atoms with Gasteiger partial charge >= 0.3 is 0 Å². The van der Waals surface area contributed by atoms with Crippen molar-refractivity contribution in [1.82, 2.24) is 9.78 Å². The van der Waals surface area contributed by atoms with Crippen LogP contribution < -0.4 is 0 Å². The van der Waals surface area contributed by atoms with Crippen molar-refractivity contribution in [2.24, 2.45) is 0 Å². The van der Waals surface area contributed by atoms with E-state index in [9.17, 15) is 5.11 Å². The SMILES string of the molecule is CCn1nc(C)cc1CC(O)c1ccc(C2CC2)cc1. The third-order valence-corrected chi connectivity index (χ3v) is 4.06. The Labute approximate surface area is 120 Å². The van der Waals surface area contributed by atoms with E-state index in [1.54, 1.807) is 0 Å². The van der Waals surface area contributed by atoms with Gasteiger partial charge in [-0.05, 0) is 49.8 Å². The number of nitrogens with zero attached hydrogens (tertiary/aromatic N) is 2. The van der Waals surface area contributed by atoms with E-state index in [4.69, 9.17) is 0 Å². The monoisotopic (exact) mass is 270 g/mol. The number of hydrogen-bond acceptors (Lipinski definition) is 2. The highest BCUT2D eigenvalue weighted by Crippen LogP contribution is 2.40. The Hall–Kier alpha value is -1.61. The summed E-state index contributed by atoms with van der Waals surface area (Å²) in [6.07, 6.45) is 2.80. The Morgan fingerprint density at radius 2 is 2.00 bits per heavy atom. The van der Waals surface area contributed by atoms with Gasteiger partial charge in [-0.25, -0.2) is 0 Å². The summed E-state index contributed by atoms with van der Waals surface area (Å²) in [5.41, 5.74) is 4.52. The molecule has 2 aromatic rings. The van der Waals surface area contributed by atoms with Gasteiger partial charge < -0.3 is 5.11 Å². The maximum Gasteiger partial charge on any atom is 0.0845 e. The second-order valence-electron chi connectivity index (χ2n) is 5.75. The van der Waals surface area contributed by atoms with Crippen LogP contribution in [0.25, 0.3) is 0 Å². The van der Waals surface area contributed by atoms with Crippen molar-refractivity contribution in [1.29, 1.82) is 0 Å². The molecule has 0 bridgehead atoms. The van der Waals surface area contributed by atoms with Crippen LogP contribution in [0.4, 0.5) is 0 Å². The Bertz CT molecular complexity index is 582. The molecule has 1 saturated carbocycles. The van der Waals surface area contributed by atoms with Crippen LogP contribution in [0.3, 0.4) is 0 Å². The van der Waals surface area contributed by atoms with Crippen molar-refractivity contribution in [3.8, 4) is 0 Å². The van der Waals surface area contributed by atoms with Crippen LogP contribution in [0.15, 0.2) is 30.3 Å². The number of hydrogen-bond donors (Lipinski definition) is 1. The smallest absolute Gasteiger partial charge is 0.0845 e. The predicted octanol–water partition coefficient (Wildman–Crippen LogP) is 3.36. The summed E-state index contributed by atoms with van der Waals surface area (Å²) in [7, 11) is 0. The first-order chi connectivity index (χ1) is 9.67. The quantitative estimate of drug-likeness (QED) is 0.904. The zero-order valence-electron chi connectivity index (χ0n) is 12.2. The minimum Gasteiger partial charge on any atom is -0.388 e. The molecule has 1 aromatic heterocycles. The molecule has 20 heavy (non-hydrogen) atoms. The first-order valence-corrected chi connectivity index (χ1v) is 7.48. The molecule has 3 rings (SSSR count). The van der Waals surface area contributed by atoms with Crippen LogP contribution in [0, 0.1) is 6.92 Å². The van der Waals surface area contributed by atoms with E-state index in [2.05, 4.69) is 42.4 Å². The number of aliphatic hydroxyl groups is 1. The molecule has 1 heterocycles. The molecule has 1 aliphatic rings. The molecule has 3 nitrogen and oxygen atoms in total. The second-order valence-corrected chi connectivity index (χ2v) is 5.75. The minimum atomic E-state index is -0.454. The molecule has 0 radical (unpaired) electrons. The standard InChI is InChI=1S/C17H22N2O/c1-3-19-16(10-12(2)18-19)11-17(20)15-8-6-14(7-9-15)13-4-5-13/h6-10,13,17,20H,3-5,11H2,1-2H3. The van der Waals surface area contributed by atoms with Gasteiger partial charge in [-0.1, -0.05) is 24.3 Å². The first-order valence-electron chi connectivity index (χ1n) is 7.48. The zero-order valence-corrected chi connectivity index (χ0v) is 12.2. The summed E-state index contributed by atoms with van der Waals surface area (Å²) < 4.78 is 1.97. The van der Waals surface area contributed by atoms with Crippen molar-refractivity contribution >= 4 is 0 Å². The molecule has 1 N–H and O–H groups in total. The Morgan fingerprint density at radius 3 is 2.60 bits per heavy atom. The molecule has 1 fully saturated rings.